The number of halogens is 3. The molecule has 0 saturated heterocycles. The number of hydrogen-bond donors (Lipinski definition) is 0. The molecule has 0 amide bonds. The van der Waals surface area contributed by atoms with Crippen LogP contribution in [0.5, 0.6) is 0 Å². The summed E-state index contributed by atoms with van der Waals surface area (Å²) in [4.78, 5) is 11.4. The summed E-state index contributed by atoms with van der Waals surface area (Å²) in [7, 11) is 0. The van der Waals surface area contributed by atoms with Gasteiger partial charge in [-0.2, -0.15) is 13.2 Å². The molecule has 1 nitrogen and oxygen atoms in total. The monoisotopic (exact) mass is 256 g/mol. The van der Waals surface area contributed by atoms with Gasteiger partial charge in [-0.05, 0) is 35.2 Å². The molecule has 1 aromatic carbocycles. The normalized spacial score (nSPS) is 11.5. The SMILES string of the molecule is O=Cc1cc(-c2cccs2)cc(C(F)(F)F)c1. The Balaban J connectivity index is 2.58. The molecular weight excluding hydrogens is 249 g/mol. The number of rotatable bonds is 2. The molecule has 1 aromatic heterocycles. The van der Waals surface area contributed by atoms with E-state index in [2.05, 4.69) is 0 Å². The Bertz CT molecular complexity index is 529. The smallest absolute Gasteiger partial charge is 0.298 e. The van der Waals surface area contributed by atoms with E-state index in [0.717, 1.165) is 12.1 Å². The first-order valence-electron chi connectivity index (χ1n) is 4.72. The van der Waals surface area contributed by atoms with E-state index in [9.17, 15) is 18.0 Å². The van der Waals surface area contributed by atoms with Gasteiger partial charge in [0, 0.05) is 10.4 Å². The Labute approximate surface area is 99.5 Å². The Morgan fingerprint density at radius 2 is 1.94 bits per heavy atom. The van der Waals surface area contributed by atoms with Gasteiger partial charge in [-0.25, -0.2) is 0 Å². The molecule has 0 radical (unpaired) electrons. The molecular formula is C12H7F3OS. The highest BCUT2D eigenvalue weighted by molar-refractivity contribution is 7.13. The van der Waals surface area contributed by atoms with Crippen LogP contribution in [0.1, 0.15) is 15.9 Å². The second-order valence-electron chi connectivity index (χ2n) is 3.44. The van der Waals surface area contributed by atoms with Gasteiger partial charge in [0.1, 0.15) is 6.29 Å². The van der Waals surface area contributed by atoms with E-state index in [1.54, 1.807) is 17.5 Å². The lowest BCUT2D eigenvalue weighted by atomic mass is 10.0. The van der Waals surface area contributed by atoms with Gasteiger partial charge in [-0.1, -0.05) is 6.07 Å². The number of carbonyl (C=O) groups excluding carboxylic acids is 1. The average molecular weight is 256 g/mol. The minimum Gasteiger partial charge on any atom is -0.298 e. The van der Waals surface area contributed by atoms with Crippen molar-refractivity contribution in [1.82, 2.24) is 0 Å². The highest BCUT2D eigenvalue weighted by atomic mass is 32.1. The molecule has 0 unspecified atom stereocenters. The molecule has 0 aliphatic rings. The zero-order valence-electron chi connectivity index (χ0n) is 8.49. The molecule has 5 heteroatoms. The summed E-state index contributed by atoms with van der Waals surface area (Å²) in [6, 6.07) is 6.83. The number of thiophene rings is 1. The van der Waals surface area contributed by atoms with Crippen LogP contribution in [0.2, 0.25) is 0 Å². The third-order valence-electron chi connectivity index (χ3n) is 2.22. The Morgan fingerprint density at radius 3 is 2.47 bits per heavy atom. The molecule has 0 saturated carbocycles. The fourth-order valence-electron chi connectivity index (χ4n) is 1.47. The Morgan fingerprint density at radius 1 is 1.18 bits per heavy atom. The highest BCUT2D eigenvalue weighted by Crippen LogP contribution is 2.34. The van der Waals surface area contributed by atoms with Crippen molar-refractivity contribution < 1.29 is 18.0 Å². The quantitative estimate of drug-likeness (QED) is 0.734. The molecule has 0 bridgehead atoms. The minimum absolute atomic E-state index is 0.0308. The number of carbonyl (C=O) groups is 1. The standard InChI is InChI=1S/C12H7F3OS/c13-12(14,15)10-5-8(7-16)4-9(6-10)11-2-1-3-17-11/h1-7H. The van der Waals surface area contributed by atoms with E-state index < -0.39 is 11.7 Å². The van der Waals surface area contributed by atoms with Crippen LogP contribution in [0.4, 0.5) is 13.2 Å². The summed E-state index contributed by atoms with van der Waals surface area (Å²) in [5.41, 5.74) is -0.356. The van der Waals surface area contributed by atoms with Gasteiger partial charge < -0.3 is 0 Å². The maximum absolute atomic E-state index is 12.6. The molecule has 2 rings (SSSR count). The lowest BCUT2D eigenvalue weighted by molar-refractivity contribution is -0.137. The van der Waals surface area contributed by atoms with Crippen LogP contribution in [-0.2, 0) is 6.18 Å². The first-order chi connectivity index (χ1) is 8.00. The molecule has 0 N–H and O–H groups in total. The van der Waals surface area contributed by atoms with Crippen molar-refractivity contribution in [3.63, 3.8) is 0 Å². The number of alkyl halides is 3. The maximum Gasteiger partial charge on any atom is 0.416 e. The van der Waals surface area contributed by atoms with Crippen molar-refractivity contribution in [3.05, 3.63) is 46.8 Å². The van der Waals surface area contributed by atoms with E-state index in [1.165, 1.54) is 17.4 Å². The summed E-state index contributed by atoms with van der Waals surface area (Å²) in [5.74, 6) is 0. The van der Waals surface area contributed by atoms with E-state index in [1.807, 2.05) is 0 Å². The van der Waals surface area contributed by atoms with Gasteiger partial charge in [0.05, 0.1) is 5.56 Å². The molecule has 17 heavy (non-hydrogen) atoms. The van der Waals surface area contributed by atoms with Gasteiger partial charge in [-0.3, -0.25) is 4.79 Å². The summed E-state index contributed by atoms with van der Waals surface area (Å²) < 4.78 is 37.8. The Hall–Kier alpha value is -1.62. The van der Waals surface area contributed by atoms with Gasteiger partial charge in [0.2, 0.25) is 0 Å². The molecule has 0 aliphatic heterocycles. The molecule has 2 aromatic rings. The van der Waals surface area contributed by atoms with Crippen molar-refractivity contribution >= 4 is 17.6 Å². The second-order valence-corrected chi connectivity index (χ2v) is 4.38. The second kappa shape index (κ2) is 4.33. The number of aldehydes is 1. The number of hydrogen-bond acceptors (Lipinski definition) is 2. The van der Waals surface area contributed by atoms with Crippen LogP contribution in [0.15, 0.2) is 35.7 Å². The Kier molecular flexibility index (Phi) is 3.02. The van der Waals surface area contributed by atoms with Crippen LogP contribution < -0.4 is 0 Å². The predicted molar refractivity (Wildman–Crippen MR) is 60.1 cm³/mol. The van der Waals surface area contributed by atoms with Gasteiger partial charge >= 0.3 is 6.18 Å². The first kappa shape index (κ1) is 11.9. The molecule has 88 valence electrons. The third-order valence-corrected chi connectivity index (χ3v) is 3.14. The minimum atomic E-state index is -4.44. The topological polar surface area (TPSA) is 17.1 Å². The number of benzene rings is 1. The molecule has 0 fully saturated rings. The van der Waals surface area contributed by atoms with Crippen molar-refractivity contribution in [2.24, 2.45) is 0 Å². The van der Waals surface area contributed by atoms with Gasteiger partial charge in [0.15, 0.2) is 0 Å². The molecule has 0 atom stereocenters. The van der Waals surface area contributed by atoms with Crippen LogP contribution in [0.25, 0.3) is 10.4 Å². The van der Waals surface area contributed by atoms with E-state index in [-0.39, 0.29) is 5.56 Å². The van der Waals surface area contributed by atoms with Crippen molar-refractivity contribution in [3.8, 4) is 10.4 Å². The van der Waals surface area contributed by atoms with Crippen molar-refractivity contribution in [2.45, 2.75) is 6.18 Å². The predicted octanol–water partition coefficient (Wildman–Crippen LogP) is 4.25. The van der Waals surface area contributed by atoms with E-state index in [0.29, 0.717) is 16.7 Å². The molecule has 0 aliphatic carbocycles. The highest BCUT2D eigenvalue weighted by Gasteiger charge is 2.31. The van der Waals surface area contributed by atoms with Crippen molar-refractivity contribution in [1.29, 1.82) is 0 Å². The summed E-state index contributed by atoms with van der Waals surface area (Å²) in [6.07, 6.45) is -4.02. The lowest BCUT2D eigenvalue weighted by Crippen LogP contribution is -2.05. The maximum atomic E-state index is 12.6. The average Bonchev–Trinajstić information content (AvgIpc) is 2.80. The van der Waals surface area contributed by atoms with Crippen molar-refractivity contribution in [2.75, 3.05) is 0 Å². The van der Waals surface area contributed by atoms with E-state index >= 15 is 0 Å². The first-order valence-corrected chi connectivity index (χ1v) is 5.60. The van der Waals surface area contributed by atoms with Crippen LogP contribution in [-0.4, -0.2) is 6.29 Å². The van der Waals surface area contributed by atoms with Crippen LogP contribution in [0, 0.1) is 0 Å². The zero-order chi connectivity index (χ0) is 12.5. The summed E-state index contributed by atoms with van der Waals surface area (Å²) in [5, 5.41) is 1.77. The third kappa shape index (κ3) is 2.55. The molecule has 0 spiro atoms. The largest absolute Gasteiger partial charge is 0.416 e. The van der Waals surface area contributed by atoms with Crippen LogP contribution >= 0.6 is 11.3 Å². The summed E-state index contributed by atoms with van der Waals surface area (Å²) >= 11 is 1.33. The zero-order valence-corrected chi connectivity index (χ0v) is 9.31. The lowest BCUT2D eigenvalue weighted by Gasteiger charge is -2.09. The van der Waals surface area contributed by atoms with E-state index in [4.69, 9.17) is 0 Å². The summed E-state index contributed by atoms with van der Waals surface area (Å²) in [6.45, 7) is 0. The van der Waals surface area contributed by atoms with Crippen LogP contribution in [0.3, 0.4) is 0 Å². The fourth-order valence-corrected chi connectivity index (χ4v) is 2.18. The van der Waals surface area contributed by atoms with Gasteiger partial charge in [-0.15, -0.1) is 11.3 Å². The fraction of sp³-hybridized carbons (Fsp3) is 0.0833. The van der Waals surface area contributed by atoms with Gasteiger partial charge in [0.25, 0.3) is 0 Å². The molecule has 1 heterocycles.